The number of benzene rings is 1. The minimum absolute atomic E-state index is 0.119. The molecule has 0 bridgehead atoms. The van der Waals surface area contributed by atoms with Gasteiger partial charge in [0.1, 0.15) is 0 Å². The maximum absolute atomic E-state index is 12.2. The number of likely N-dealkylation sites (tertiary alicyclic amines) is 1. The standard InChI is InChI=1S/C15H20N2O/c18-15(17-10-4-5-11-17)16-14(13-8-9-13)12-6-2-1-3-7-12/h1-3,6-7,13-14H,4-5,8-11H2,(H,16,18). The molecule has 1 aliphatic heterocycles. The second-order valence-electron chi connectivity index (χ2n) is 5.37. The average Bonchev–Trinajstić information content (AvgIpc) is 3.10. The summed E-state index contributed by atoms with van der Waals surface area (Å²) >= 11 is 0. The first kappa shape index (κ1) is 11.6. The van der Waals surface area contributed by atoms with Gasteiger partial charge >= 0.3 is 6.03 Å². The van der Waals surface area contributed by atoms with Crippen LogP contribution < -0.4 is 5.32 Å². The summed E-state index contributed by atoms with van der Waals surface area (Å²) in [5.74, 6) is 0.638. The minimum atomic E-state index is 0.119. The Morgan fingerprint density at radius 2 is 1.83 bits per heavy atom. The number of carbonyl (C=O) groups excluding carboxylic acids is 1. The van der Waals surface area contributed by atoms with Crippen molar-refractivity contribution in [2.24, 2.45) is 5.92 Å². The van der Waals surface area contributed by atoms with Crippen molar-refractivity contribution in [3.63, 3.8) is 0 Å². The van der Waals surface area contributed by atoms with E-state index in [9.17, 15) is 4.79 Å². The highest BCUT2D eigenvalue weighted by molar-refractivity contribution is 5.75. The minimum Gasteiger partial charge on any atom is -0.331 e. The molecule has 1 aromatic carbocycles. The van der Waals surface area contributed by atoms with E-state index < -0.39 is 0 Å². The fourth-order valence-corrected chi connectivity index (χ4v) is 2.71. The molecule has 1 saturated carbocycles. The number of nitrogens with one attached hydrogen (secondary N) is 1. The van der Waals surface area contributed by atoms with E-state index in [0.29, 0.717) is 5.92 Å². The normalized spacial score (nSPS) is 20.8. The van der Waals surface area contributed by atoms with Crippen LogP contribution in [0.2, 0.25) is 0 Å². The summed E-state index contributed by atoms with van der Waals surface area (Å²) < 4.78 is 0. The molecule has 3 nitrogen and oxygen atoms in total. The molecule has 1 unspecified atom stereocenters. The smallest absolute Gasteiger partial charge is 0.317 e. The summed E-state index contributed by atoms with van der Waals surface area (Å²) in [5, 5.41) is 3.22. The Bertz CT molecular complexity index is 408. The zero-order valence-electron chi connectivity index (χ0n) is 10.6. The van der Waals surface area contributed by atoms with Gasteiger partial charge in [0.25, 0.3) is 0 Å². The number of nitrogens with zero attached hydrogens (tertiary/aromatic N) is 1. The lowest BCUT2D eigenvalue weighted by Gasteiger charge is -2.23. The van der Waals surface area contributed by atoms with Crippen LogP contribution in [0.1, 0.15) is 37.3 Å². The van der Waals surface area contributed by atoms with Crippen LogP contribution in [0, 0.1) is 5.92 Å². The first-order valence-electron chi connectivity index (χ1n) is 6.95. The fraction of sp³-hybridized carbons (Fsp3) is 0.533. The van der Waals surface area contributed by atoms with Gasteiger partial charge in [0, 0.05) is 13.1 Å². The van der Waals surface area contributed by atoms with Gasteiger partial charge in [0.15, 0.2) is 0 Å². The molecule has 1 N–H and O–H groups in total. The molecule has 3 rings (SSSR count). The fourth-order valence-electron chi connectivity index (χ4n) is 2.71. The van der Waals surface area contributed by atoms with Crippen molar-refractivity contribution in [3.05, 3.63) is 35.9 Å². The van der Waals surface area contributed by atoms with Crippen LogP contribution in [0.5, 0.6) is 0 Å². The molecule has 2 fully saturated rings. The monoisotopic (exact) mass is 244 g/mol. The van der Waals surface area contributed by atoms with Crippen LogP contribution in [-0.4, -0.2) is 24.0 Å². The van der Waals surface area contributed by atoms with Crippen LogP contribution in [0.15, 0.2) is 30.3 Å². The molecule has 18 heavy (non-hydrogen) atoms. The molecule has 96 valence electrons. The first-order chi connectivity index (χ1) is 8.84. The van der Waals surface area contributed by atoms with E-state index in [2.05, 4.69) is 17.4 Å². The summed E-state index contributed by atoms with van der Waals surface area (Å²) in [4.78, 5) is 14.1. The zero-order chi connectivity index (χ0) is 12.4. The predicted molar refractivity (Wildman–Crippen MR) is 71.2 cm³/mol. The van der Waals surface area contributed by atoms with Crippen molar-refractivity contribution in [1.29, 1.82) is 0 Å². The molecule has 1 saturated heterocycles. The van der Waals surface area contributed by atoms with Gasteiger partial charge in [0.05, 0.1) is 6.04 Å². The van der Waals surface area contributed by atoms with Crippen molar-refractivity contribution >= 4 is 6.03 Å². The molecule has 3 heteroatoms. The lowest BCUT2D eigenvalue weighted by atomic mass is 10.0. The lowest BCUT2D eigenvalue weighted by Crippen LogP contribution is -2.40. The Labute approximate surface area is 108 Å². The molecule has 0 spiro atoms. The molecular formula is C15H20N2O. The molecule has 1 aromatic rings. The number of amides is 2. The van der Waals surface area contributed by atoms with Gasteiger partial charge in [0.2, 0.25) is 0 Å². The Morgan fingerprint density at radius 3 is 2.44 bits per heavy atom. The SMILES string of the molecule is O=C(NC(c1ccccc1)C1CC1)N1CCCC1. The Morgan fingerprint density at radius 1 is 1.17 bits per heavy atom. The third-order valence-electron chi connectivity index (χ3n) is 3.92. The molecule has 0 aromatic heterocycles. The largest absolute Gasteiger partial charge is 0.331 e. The van der Waals surface area contributed by atoms with Gasteiger partial charge in [-0.05, 0) is 37.2 Å². The van der Waals surface area contributed by atoms with Crippen LogP contribution in [0.25, 0.3) is 0 Å². The number of urea groups is 1. The summed E-state index contributed by atoms with van der Waals surface area (Å²) in [7, 11) is 0. The van der Waals surface area contributed by atoms with Gasteiger partial charge in [-0.3, -0.25) is 0 Å². The van der Waals surface area contributed by atoms with E-state index >= 15 is 0 Å². The van der Waals surface area contributed by atoms with Crippen LogP contribution in [0.3, 0.4) is 0 Å². The first-order valence-corrected chi connectivity index (χ1v) is 6.95. The van der Waals surface area contributed by atoms with Crippen LogP contribution in [0.4, 0.5) is 4.79 Å². The second-order valence-corrected chi connectivity index (χ2v) is 5.37. The highest BCUT2D eigenvalue weighted by Crippen LogP contribution is 2.41. The molecule has 2 aliphatic rings. The molecule has 2 amide bonds. The maximum Gasteiger partial charge on any atom is 0.317 e. The van der Waals surface area contributed by atoms with Crippen molar-refractivity contribution in [3.8, 4) is 0 Å². The van der Waals surface area contributed by atoms with Crippen molar-refractivity contribution in [2.75, 3.05) is 13.1 Å². The average molecular weight is 244 g/mol. The molecule has 1 atom stereocenters. The van der Waals surface area contributed by atoms with E-state index in [1.54, 1.807) is 0 Å². The Balaban J connectivity index is 1.69. The van der Waals surface area contributed by atoms with Crippen molar-refractivity contribution in [1.82, 2.24) is 10.2 Å². The zero-order valence-corrected chi connectivity index (χ0v) is 10.6. The third kappa shape index (κ3) is 2.50. The van der Waals surface area contributed by atoms with Gasteiger partial charge in [-0.2, -0.15) is 0 Å². The van der Waals surface area contributed by atoms with Gasteiger partial charge in [-0.25, -0.2) is 4.79 Å². The predicted octanol–water partition coefficient (Wildman–Crippen LogP) is 2.94. The Kier molecular flexibility index (Phi) is 3.22. The van der Waals surface area contributed by atoms with Crippen molar-refractivity contribution in [2.45, 2.75) is 31.7 Å². The summed E-state index contributed by atoms with van der Waals surface area (Å²) in [5.41, 5.74) is 1.24. The number of hydrogen-bond acceptors (Lipinski definition) is 1. The van der Waals surface area contributed by atoms with Gasteiger partial charge in [-0.1, -0.05) is 30.3 Å². The molecule has 0 radical (unpaired) electrons. The number of hydrogen-bond donors (Lipinski definition) is 1. The number of rotatable bonds is 3. The third-order valence-corrected chi connectivity index (χ3v) is 3.92. The van der Waals surface area contributed by atoms with E-state index in [0.717, 1.165) is 25.9 Å². The van der Waals surface area contributed by atoms with E-state index in [1.165, 1.54) is 18.4 Å². The van der Waals surface area contributed by atoms with Crippen LogP contribution in [-0.2, 0) is 0 Å². The Hall–Kier alpha value is -1.51. The quantitative estimate of drug-likeness (QED) is 0.871. The highest BCUT2D eigenvalue weighted by atomic mass is 16.2. The van der Waals surface area contributed by atoms with E-state index in [-0.39, 0.29) is 12.1 Å². The lowest BCUT2D eigenvalue weighted by molar-refractivity contribution is 0.203. The molecular weight excluding hydrogens is 224 g/mol. The van der Waals surface area contributed by atoms with E-state index in [1.807, 2.05) is 23.1 Å². The summed E-state index contributed by atoms with van der Waals surface area (Å²) in [6, 6.07) is 10.7. The van der Waals surface area contributed by atoms with Gasteiger partial charge in [-0.15, -0.1) is 0 Å². The second kappa shape index (κ2) is 5.01. The molecule has 1 aliphatic carbocycles. The van der Waals surface area contributed by atoms with Gasteiger partial charge < -0.3 is 10.2 Å². The van der Waals surface area contributed by atoms with E-state index in [4.69, 9.17) is 0 Å². The van der Waals surface area contributed by atoms with Crippen molar-refractivity contribution < 1.29 is 4.79 Å². The maximum atomic E-state index is 12.2. The summed E-state index contributed by atoms with van der Waals surface area (Å²) in [6.07, 6.45) is 4.76. The highest BCUT2D eigenvalue weighted by Gasteiger charge is 2.34. The number of carbonyl (C=O) groups is 1. The summed E-state index contributed by atoms with van der Waals surface area (Å²) in [6.45, 7) is 1.83. The topological polar surface area (TPSA) is 32.3 Å². The molecule has 1 heterocycles. The van der Waals surface area contributed by atoms with Crippen LogP contribution >= 0.6 is 0 Å².